The van der Waals surface area contributed by atoms with Gasteiger partial charge in [0.15, 0.2) is 5.96 Å². The van der Waals surface area contributed by atoms with Crippen molar-refractivity contribution in [1.82, 2.24) is 20.0 Å². The van der Waals surface area contributed by atoms with Crippen LogP contribution in [0.5, 0.6) is 0 Å². The molecule has 0 saturated heterocycles. The summed E-state index contributed by atoms with van der Waals surface area (Å²) in [6.07, 6.45) is 3.18. The molecule has 2 aromatic rings. The topological polar surface area (TPSA) is 65.7 Å². The highest BCUT2D eigenvalue weighted by Crippen LogP contribution is 2.26. The molecule has 0 saturated carbocycles. The summed E-state index contributed by atoms with van der Waals surface area (Å²) in [5, 5.41) is 17.5. The molecule has 2 rings (SSSR count). The number of aryl methyl sites for hydroxylation is 1. The SMILES string of the molecule is CN=C(NCC(O)c1ccc(Cl)s1)N(C)Cc1cnn(C)c1. The van der Waals surface area contributed by atoms with Crippen molar-refractivity contribution in [2.24, 2.45) is 12.0 Å². The lowest BCUT2D eigenvalue weighted by Gasteiger charge is -2.22. The normalized spacial score (nSPS) is 13.2. The second-order valence-corrected chi connectivity index (χ2v) is 6.71. The van der Waals surface area contributed by atoms with Crippen LogP contribution in [-0.2, 0) is 13.6 Å². The van der Waals surface area contributed by atoms with Gasteiger partial charge in [-0.3, -0.25) is 9.67 Å². The van der Waals surface area contributed by atoms with Crippen LogP contribution in [0.3, 0.4) is 0 Å². The molecule has 0 aliphatic rings. The second-order valence-electron chi connectivity index (χ2n) is 4.96. The van der Waals surface area contributed by atoms with E-state index in [1.165, 1.54) is 11.3 Å². The first-order valence-electron chi connectivity index (χ1n) is 6.82. The van der Waals surface area contributed by atoms with Crippen molar-refractivity contribution in [3.05, 3.63) is 39.3 Å². The van der Waals surface area contributed by atoms with E-state index < -0.39 is 6.10 Å². The maximum absolute atomic E-state index is 10.2. The van der Waals surface area contributed by atoms with Gasteiger partial charge >= 0.3 is 0 Å². The van der Waals surface area contributed by atoms with Crippen molar-refractivity contribution >= 4 is 28.9 Å². The molecule has 2 heterocycles. The minimum Gasteiger partial charge on any atom is -0.386 e. The third kappa shape index (κ3) is 4.46. The molecule has 6 nitrogen and oxygen atoms in total. The number of aliphatic hydroxyl groups is 1. The smallest absolute Gasteiger partial charge is 0.193 e. The summed E-state index contributed by atoms with van der Waals surface area (Å²) in [5.74, 6) is 0.713. The van der Waals surface area contributed by atoms with Gasteiger partial charge in [0.25, 0.3) is 0 Å². The number of guanidine groups is 1. The molecule has 0 aliphatic carbocycles. The van der Waals surface area contributed by atoms with Crippen LogP contribution in [0.15, 0.2) is 29.5 Å². The number of nitrogens with one attached hydrogen (secondary N) is 1. The molecule has 0 aliphatic heterocycles. The van der Waals surface area contributed by atoms with Crippen LogP contribution < -0.4 is 5.32 Å². The van der Waals surface area contributed by atoms with Gasteiger partial charge in [0.2, 0.25) is 0 Å². The Kier molecular flexibility index (Phi) is 5.82. The van der Waals surface area contributed by atoms with Gasteiger partial charge in [0.05, 0.1) is 10.5 Å². The highest BCUT2D eigenvalue weighted by Gasteiger charge is 2.13. The maximum Gasteiger partial charge on any atom is 0.193 e. The van der Waals surface area contributed by atoms with Gasteiger partial charge in [-0.2, -0.15) is 5.10 Å². The van der Waals surface area contributed by atoms with Gasteiger partial charge in [0.1, 0.15) is 6.10 Å². The summed E-state index contributed by atoms with van der Waals surface area (Å²) in [7, 11) is 5.55. The number of hydrogen-bond acceptors (Lipinski definition) is 4. The van der Waals surface area contributed by atoms with Gasteiger partial charge in [-0.05, 0) is 12.1 Å². The molecule has 0 fully saturated rings. The van der Waals surface area contributed by atoms with E-state index >= 15 is 0 Å². The van der Waals surface area contributed by atoms with Crippen molar-refractivity contribution < 1.29 is 5.11 Å². The Hall–Kier alpha value is -1.57. The molecule has 0 aromatic carbocycles. The zero-order valence-corrected chi connectivity index (χ0v) is 14.4. The first-order chi connectivity index (χ1) is 10.5. The van der Waals surface area contributed by atoms with E-state index in [-0.39, 0.29) is 0 Å². The molecular formula is C14H20ClN5OS. The fourth-order valence-electron chi connectivity index (χ4n) is 2.08. The predicted octanol–water partition coefficient (Wildman–Crippen LogP) is 1.88. The van der Waals surface area contributed by atoms with Crippen LogP contribution >= 0.6 is 22.9 Å². The molecular weight excluding hydrogens is 322 g/mol. The molecule has 22 heavy (non-hydrogen) atoms. The van der Waals surface area contributed by atoms with Gasteiger partial charge in [-0.25, -0.2) is 0 Å². The molecule has 2 N–H and O–H groups in total. The zero-order valence-electron chi connectivity index (χ0n) is 12.8. The summed E-state index contributed by atoms with van der Waals surface area (Å²) >= 11 is 7.26. The van der Waals surface area contributed by atoms with E-state index in [2.05, 4.69) is 15.4 Å². The predicted molar refractivity (Wildman–Crippen MR) is 90.3 cm³/mol. The van der Waals surface area contributed by atoms with Crippen LogP contribution in [0.1, 0.15) is 16.5 Å². The quantitative estimate of drug-likeness (QED) is 0.643. The second kappa shape index (κ2) is 7.62. The molecule has 8 heteroatoms. The Balaban J connectivity index is 1.89. The molecule has 120 valence electrons. The van der Waals surface area contributed by atoms with Gasteiger partial charge in [0, 0.05) is 50.9 Å². The van der Waals surface area contributed by atoms with Gasteiger partial charge < -0.3 is 15.3 Å². The van der Waals surface area contributed by atoms with Crippen molar-refractivity contribution in [3.8, 4) is 0 Å². The number of aliphatic imine (C=N–C) groups is 1. The summed E-state index contributed by atoms with van der Waals surface area (Å²) in [4.78, 5) is 7.05. The Bertz CT molecular complexity index is 639. The summed E-state index contributed by atoms with van der Waals surface area (Å²) in [6.45, 7) is 1.06. The number of thiophene rings is 1. The molecule has 1 atom stereocenters. The summed E-state index contributed by atoms with van der Waals surface area (Å²) in [6, 6.07) is 3.62. The number of aliphatic hydroxyl groups excluding tert-OH is 1. The fourth-order valence-corrected chi connectivity index (χ4v) is 3.13. The Morgan fingerprint density at radius 2 is 2.36 bits per heavy atom. The first-order valence-corrected chi connectivity index (χ1v) is 8.01. The summed E-state index contributed by atoms with van der Waals surface area (Å²) in [5.41, 5.74) is 1.10. The van der Waals surface area contributed by atoms with E-state index in [9.17, 15) is 5.11 Å². The lowest BCUT2D eigenvalue weighted by Crippen LogP contribution is -2.40. The molecule has 2 aromatic heterocycles. The third-order valence-corrected chi connectivity index (χ3v) is 4.46. The van der Waals surface area contributed by atoms with Crippen LogP contribution in [0.2, 0.25) is 4.34 Å². The standard InChI is InChI=1S/C14H20ClN5OS/c1-16-14(19(2)8-10-6-18-20(3)9-10)17-7-11(21)12-4-5-13(15)22-12/h4-6,9,11,21H,7-8H2,1-3H3,(H,16,17). The first kappa shape index (κ1) is 16.8. The van der Waals surface area contributed by atoms with Crippen molar-refractivity contribution in [2.75, 3.05) is 20.6 Å². The Morgan fingerprint density at radius 3 is 2.91 bits per heavy atom. The lowest BCUT2D eigenvalue weighted by molar-refractivity contribution is 0.183. The van der Waals surface area contributed by atoms with Gasteiger partial charge in [-0.1, -0.05) is 11.6 Å². The average Bonchev–Trinajstić information content (AvgIpc) is 3.08. The monoisotopic (exact) mass is 341 g/mol. The molecule has 0 amide bonds. The number of halogens is 1. The highest BCUT2D eigenvalue weighted by molar-refractivity contribution is 7.16. The number of aromatic nitrogens is 2. The lowest BCUT2D eigenvalue weighted by atomic mass is 10.3. The molecule has 0 bridgehead atoms. The average molecular weight is 342 g/mol. The highest BCUT2D eigenvalue weighted by atomic mass is 35.5. The minimum absolute atomic E-state index is 0.376. The van der Waals surface area contributed by atoms with Crippen molar-refractivity contribution in [3.63, 3.8) is 0 Å². The van der Waals surface area contributed by atoms with E-state index in [1.54, 1.807) is 17.8 Å². The molecule has 1 unspecified atom stereocenters. The van der Waals surface area contributed by atoms with Crippen LogP contribution in [0.25, 0.3) is 0 Å². The molecule has 0 spiro atoms. The number of rotatable bonds is 5. The Labute approximate surface area is 139 Å². The number of hydrogen-bond donors (Lipinski definition) is 2. The largest absolute Gasteiger partial charge is 0.386 e. The zero-order chi connectivity index (χ0) is 16.1. The van der Waals surface area contributed by atoms with Crippen molar-refractivity contribution in [2.45, 2.75) is 12.6 Å². The third-order valence-electron chi connectivity index (χ3n) is 3.13. The van der Waals surface area contributed by atoms with Crippen molar-refractivity contribution in [1.29, 1.82) is 0 Å². The Morgan fingerprint density at radius 1 is 1.59 bits per heavy atom. The summed E-state index contributed by atoms with van der Waals surface area (Å²) < 4.78 is 2.44. The van der Waals surface area contributed by atoms with E-state index in [4.69, 9.17) is 11.6 Å². The van der Waals surface area contributed by atoms with Crippen LogP contribution in [0.4, 0.5) is 0 Å². The van der Waals surface area contributed by atoms with E-state index in [0.29, 0.717) is 23.4 Å². The van der Waals surface area contributed by atoms with Gasteiger partial charge in [-0.15, -0.1) is 11.3 Å². The number of nitrogens with zero attached hydrogens (tertiary/aromatic N) is 4. The van der Waals surface area contributed by atoms with E-state index in [0.717, 1.165) is 10.4 Å². The molecule has 0 radical (unpaired) electrons. The van der Waals surface area contributed by atoms with Crippen LogP contribution in [0, 0.1) is 0 Å². The minimum atomic E-state index is -0.610. The fraction of sp³-hybridized carbons (Fsp3) is 0.429. The van der Waals surface area contributed by atoms with Crippen LogP contribution in [-0.4, -0.2) is 46.4 Å². The van der Waals surface area contributed by atoms with E-state index in [1.807, 2.05) is 37.5 Å². The maximum atomic E-state index is 10.2.